The lowest BCUT2D eigenvalue weighted by Gasteiger charge is -2.35. The Labute approximate surface area is 193 Å². The van der Waals surface area contributed by atoms with E-state index in [4.69, 9.17) is 0 Å². The minimum Gasteiger partial charge on any atom is -0.354 e. The number of hydrogen-bond acceptors (Lipinski definition) is 4. The van der Waals surface area contributed by atoms with E-state index in [-0.39, 0.29) is 53.8 Å². The van der Waals surface area contributed by atoms with E-state index in [9.17, 15) is 22.4 Å². The Morgan fingerprint density at radius 1 is 1.09 bits per heavy atom. The molecule has 1 aliphatic heterocycles. The average Bonchev–Trinajstić information content (AvgIpc) is 2.84. The zero-order valence-corrected chi connectivity index (χ0v) is 19.2. The van der Waals surface area contributed by atoms with Crippen LogP contribution in [0.4, 0.5) is 4.39 Å². The molecule has 2 amide bonds. The molecule has 1 aliphatic carbocycles. The first-order valence-electron chi connectivity index (χ1n) is 11.3. The van der Waals surface area contributed by atoms with E-state index in [2.05, 4.69) is 5.32 Å². The van der Waals surface area contributed by atoms with Crippen LogP contribution in [0.3, 0.4) is 0 Å². The lowest BCUT2D eigenvalue weighted by atomic mass is 9.93. The Morgan fingerprint density at radius 2 is 1.82 bits per heavy atom. The number of rotatable bonds is 6. The van der Waals surface area contributed by atoms with Crippen LogP contribution in [-0.4, -0.2) is 55.1 Å². The molecule has 33 heavy (non-hydrogen) atoms. The van der Waals surface area contributed by atoms with E-state index < -0.39 is 10.0 Å². The fourth-order valence-electron chi connectivity index (χ4n) is 4.47. The van der Waals surface area contributed by atoms with Gasteiger partial charge in [0, 0.05) is 31.2 Å². The molecule has 0 unspecified atom stereocenters. The highest BCUT2D eigenvalue weighted by Crippen LogP contribution is 2.27. The van der Waals surface area contributed by atoms with Crippen LogP contribution >= 0.6 is 0 Å². The van der Waals surface area contributed by atoms with Gasteiger partial charge in [0.15, 0.2) is 0 Å². The van der Waals surface area contributed by atoms with Crippen LogP contribution in [0.15, 0.2) is 53.4 Å². The summed E-state index contributed by atoms with van der Waals surface area (Å²) in [4.78, 5) is 27.1. The highest BCUT2D eigenvalue weighted by molar-refractivity contribution is 7.89. The third kappa shape index (κ3) is 5.42. The molecule has 9 heteroatoms. The van der Waals surface area contributed by atoms with Crippen molar-refractivity contribution < 1.29 is 22.4 Å². The molecule has 0 atom stereocenters. The van der Waals surface area contributed by atoms with Crippen LogP contribution in [0, 0.1) is 5.82 Å². The molecule has 1 heterocycles. The first kappa shape index (κ1) is 23.4. The maximum atomic E-state index is 13.6. The summed E-state index contributed by atoms with van der Waals surface area (Å²) in [5, 5.41) is 2.61. The standard InChI is InChI=1S/C24H28FN3O4S/c25-20-11-9-18(10-12-20)16-28(21-6-2-1-3-7-21)24(30)19-5-4-8-22(15-19)33(31,32)27-14-13-26-23(29)17-27/h4-5,8-12,15,21H,1-3,6-7,13-14,16-17H2,(H,26,29). The Balaban J connectivity index is 1.61. The molecule has 176 valence electrons. The lowest BCUT2D eigenvalue weighted by Crippen LogP contribution is -2.49. The molecule has 1 saturated carbocycles. The van der Waals surface area contributed by atoms with Gasteiger partial charge in [-0.3, -0.25) is 9.59 Å². The van der Waals surface area contributed by atoms with Gasteiger partial charge in [-0.1, -0.05) is 37.5 Å². The third-order valence-electron chi connectivity index (χ3n) is 6.26. The van der Waals surface area contributed by atoms with Gasteiger partial charge in [0.25, 0.3) is 5.91 Å². The molecule has 2 aromatic rings. The number of carbonyl (C=O) groups is 2. The highest BCUT2D eigenvalue weighted by atomic mass is 32.2. The summed E-state index contributed by atoms with van der Waals surface area (Å²) in [6.45, 7) is 0.529. The van der Waals surface area contributed by atoms with Gasteiger partial charge >= 0.3 is 0 Å². The van der Waals surface area contributed by atoms with Crippen LogP contribution in [0.1, 0.15) is 48.0 Å². The first-order valence-corrected chi connectivity index (χ1v) is 12.7. The van der Waals surface area contributed by atoms with Gasteiger partial charge in [0.1, 0.15) is 5.82 Å². The Bertz CT molecular complexity index is 1110. The fraction of sp³-hybridized carbons (Fsp3) is 0.417. The largest absolute Gasteiger partial charge is 0.354 e. The zero-order chi connectivity index (χ0) is 23.4. The SMILES string of the molecule is O=C1CN(S(=O)(=O)c2cccc(C(=O)N(Cc3ccc(F)cc3)C3CCCCC3)c2)CCN1. The second kappa shape index (κ2) is 10.0. The first-order chi connectivity index (χ1) is 15.8. The monoisotopic (exact) mass is 473 g/mol. The van der Waals surface area contributed by atoms with E-state index in [1.807, 2.05) is 0 Å². The predicted octanol–water partition coefficient (Wildman–Crippen LogP) is 2.92. The third-order valence-corrected chi connectivity index (χ3v) is 8.11. The van der Waals surface area contributed by atoms with Gasteiger partial charge in [-0.15, -0.1) is 0 Å². The van der Waals surface area contributed by atoms with E-state index in [0.717, 1.165) is 42.0 Å². The average molecular weight is 474 g/mol. The van der Waals surface area contributed by atoms with Crippen molar-refractivity contribution in [2.75, 3.05) is 19.6 Å². The maximum Gasteiger partial charge on any atom is 0.254 e. The Hall–Kier alpha value is -2.78. The quantitative estimate of drug-likeness (QED) is 0.699. The number of nitrogens with zero attached hydrogens (tertiary/aromatic N) is 2. The summed E-state index contributed by atoms with van der Waals surface area (Å²) in [6, 6.07) is 12.1. The van der Waals surface area contributed by atoms with Gasteiger partial charge in [0.05, 0.1) is 11.4 Å². The second-order valence-electron chi connectivity index (χ2n) is 8.57. The lowest BCUT2D eigenvalue weighted by molar-refractivity contribution is -0.122. The minimum absolute atomic E-state index is 0.00609. The summed E-state index contributed by atoms with van der Waals surface area (Å²) >= 11 is 0. The van der Waals surface area contributed by atoms with Crippen LogP contribution in [-0.2, 0) is 21.4 Å². The van der Waals surface area contributed by atoms with E-state index in [0.29, 0.717) is 6.54 Å². The number of nitrogens with one attached hydrogen (secondary N) is 1. The number of benzene rings is 2. The van der Waals surface area contributed by atoms with Crippen molar-refractivity contribution in [3.8, 4) is 0 Å². The Kier molecular flexibility index (Phi) is 7.09. The fourth-order valence-corrected chi connectivity index (χ4v) is 5.91. The van der Waals surface area contributed by atoms with Crippen LogP contribution in [0.2, 0.25) is 0 Å². The molecule has 7 nitrogen and oxygen atoms in total. The van der Waals surface area contributed by atoms with Gasteiger partial charge < -0.3 is 10.2 Å². The van der Waals surface area contributed by atoms with Crippen molar-refractivity contribution in [1.29, 1.82) is 0 Å². The van der Waals surface area contributed by atoms with Crippen molar-refractivity contribution in [3.63, 3.8) is 0 Å². The maximum absolute atomic E-state index is 13.6. The number of carbonyl (C=O) groups excluding carboxylic acids is 2. The normalized spacial score (nSPS) is 18.0. The number of amides is 2. The predicted molar refractivity (Wildman–Crippen MR) is 121 cm³/mol. The van der Waals surface area contributed by atoms with Crippen LogP contribution in [0.5, 0.6) is 0 Å². The smallest absolute Gasteiger partial charge is 0.254 e. The van der Waals surface area contributed by atoms with Gasteiger partial charge in [-0.2, -0.15) is 4.31 Å². The molecule has 2 aliphatic rings. The van der Waals surface area contributed by atoms with Crippen molar-refractivity contribution in [3.05, 3.63) is 65.5 Å². The molecule has 0 bridgehead atoms. The van der Waals surface area contributed by atoms with Crippen molar-refractivity contribution >= 4 is 21.8 Å². The molecule has 0 spiro atoms. The van der Waals surface area contributed by atoms with Gasteiger partial charge in [0.2, 0.25) is 15.9 Å². The summed E-state index contributed by atoms with van der Waals surface area (Å²) in [5.74, 6) is -0.932. The molecular weight excluding hydrogens is 445 g/mol. The van der Waals surface area contributed by atoms with Crippen molar-refractivity contribution in [2.45, 2.75) is 49.6 Å². The van der Waals surface area contributed by atoms with Gasteiger partial charge in [-0.25, -0.2) is 12.8 Å². The van der Waals surface area contributed by atoms with E-state index >= 15 is 0 Å². The summed E-state index contributed by atoms with van der Waals surface area (Å²) in [7, 11) is -3.91. The van der Waals surface area contributed by atoms with Crippen molar-refractivity contribution in [2.24, 2.45) is 0 Å². The molecule has 1 N–H and O–H groups in total. The minimum atomic E-state index is -3.91. The van der Waals surface area contributed by atoms with Gasteiger partial charge in [-0.05, 0) is 48.7 Å². The molecule has 2 aromatic carbocycles. The number of piperazine rings is 1. The molecule has 4 rings (SSSR count). The number of sulfonamides is 1. The number of hydrogen-bond donors (Lipinski definition) is 1. The molecule has 0 radical (unpaired) electrons. The summed E-state index contributed by atoms with van der Waals surface area (Å²) < 4.78 is 40.7. The molecule has 2 fully saturated rings. The molecule has 1 saturated heterocycles. The molecular formula is C24H28FN3O4S. The van der Waals surface area contributed by atoms with Crippen molar-refractivity contribution in [1.82, 2.24) is 14.5 Å². The van der Waals surface area contributed by atoms with E-state index in [1.54, 1.807) is 29.2 Å². The zero-order valence-electron chi connectivity index (χ0n) is 18.4. The second-order valence-corrected chi connectivity index (χ2v) is 10.5. The number of halogens is 1. The Morgan fingerprint density at radius 3 is 2.52 bits per heavy atom. The summed E-state index contributed by atoms with van der Waals surface area (Å²) in [6.07, 6.45) is 4.96. The topological polar surface area (TPSA) is 86.8 Å². The van der Waals surface area contributed by atoms with E-state index in [1.165, 1.54) is 24.3 Å². The highest BCUT2D eigenvalue weighted by Gasteiger charge is 2.31. The summed E-state index contributed by atoms with van der Waals surface area (Å²) in [5.41, 5.74) is 1.10. The van der Waals surface area contributed by atoms with Crippen LogP contribution < -0.4 is 5.32 Å². The van der Waals surface area contributed by atoms with Crippen LogP contribution in [0.25, 0.3) is 0 Å². The molecule has 0 aromatic heterocycles.